The maximum atomic E-state index is 14.0. The topological polar surface area (TPSA) is 32.3 Å². The van der Waals surface area contributed by atoms with Crippen LogP contribution >= 0.6 is 11.6 Å². The lowest BCUT2D eigenvalue weighted by Gasteiger charge is -2.37. The van der Waals surface area contributed by atoms with E-state index in [9.17, 15) is 9.18 Å². The van der Waals surface area contributed by atoms with Crippen LogP contribution in [0.1, 0.15) is 43.0 Å². The van der Waals surface area contributed by atoms with Gasteiger partial charge in [-0.3, -0.25) is 4.79 Å². The molecule has 1 aromatic rings. The van der Waals surface area contributed by atoms with Crippen molar-refractivity contribution in [3.63, 3.8) is 0 Å². The van der Waals surface area contributed by atoms with Crippen LogP contribution in [0.15, 0.2) is 18.2 Å². The van der Waals surface area contributed by atoms with E-state index in [1.54, 1.807) is 6.07 Å². The molecule has 3 nitrogen and oxygen atoms in total. The second-order valence-corrected chi connectivity index (χ2v) is 6.41. The van der Waals surface area contributed by atoms with Crippen LogP contribution in [-0.2, 0) is 0 Å². The van der Waals surface area contributed by atoms with Crippen LogP contribution in [0.5, 0.6) is 0 Å². The lowest BCUT2D eigenvalue weighted by atomic mass is 9.97. The Labute approximate surface area is 129 Å². The van der Waals surface area contributed by atoms with Gasteiger partial charge in [-0.25, -0.2) is 4.39 Å². The van der Waals surface area contributed by atoms with Gasteiger partial charge in [-0.05, 0) is 50.8 Å². The number of carbonyl (C=O) groups excluding carboxylic acids is 1. The summed E-state index contributed by atoms with van der Waals surface area (Å²) in [5.41, 5.74) is 0.118. The number of rotatable bonds is 3. The summed E-state index contributed by atoms with van der Waals surface area (Å²) in [4.78, 5) is 14.5. The Hall–Kier alpha value is -1.13. The number of halogens is 2. The lowest BCUT2D eigenvalue weighted by molar-refractivity contribution is 0.0626. The van der Waals surface area contributed by atoms with Crippen LogP contribution in [0.4, 0.5) is 4.39 Å². The van der Waals surface area contributed by atoms with Crippen LogP contribution < -0.4 is 5.32 Å². The van der Waals surface area contributed by atoms with Gasteiger partial charge in [0, 0.05) is 29.7 Å². The maximum absolute atomic E-state index is 14.0. The third-order valence-corrected chi connectivity index (χ3v) is 4.89. The first-order chi connectivity index (χ1) is 10.1. The average molecular weight is 311 g/mol. The van der Waals surface area contributed by atoms with Gasteiger partial charge in [0.1, 0.15) is 5.82 Å². The molecule has 0 aromatic heterocycles. The van der Waals surface area contributed by atoms with E-state index < -0.39 is 5.82 Å². The first kappa shape index (κ1) is 14.8. The highest BCUT2D eigenvalue weighted by molar-refractivity contribution is 6.30. The maximum Gasteiger partial charge on any atom is 0.257 e. The van der Waals surface area contributed by atoms with Gasteiger partial charge in [-0.2, -0.15) is 0 Å². The third-order valence-electron chi connectivity index (χ3n) is 4.65. The number of piperidine rings is 1. The Kier molecular flexibility index (Phi) is 4.18. The third kappa shape index (κ3) is 2.92. The summed E-state index contributed by atoms with van der Waals surface area (Å²) in [5, 5.41) is 3.88. The summed E-state index contributed by atoms with van der Waals surface area (Å²) in [5.74, 6) is -0.763. The Morgan fingerprint density at radius 2 is 2.05 bits per heavy atom. The van der Waals surface area contributed by atoms with Crippen molar-refractivity contribution < 1.29 is 9.18 Å². The number of fused-ring (bicyclic) bond motifs is 2. The molecule has 2 heterocycles. The van der Waals surface area contributed by atoms with Crippen LogP contribution in [0.2, 0.25) is 5.02 Å². The molecule has 0 aliphatic carbocycles. The summed E-state index contributed by atoms with van der Waals surface area (Å²) >= 11 is 5.76. The summed E-state index contributed by atoms with van der Waals surface area (Å²) in [6.45, 7) is 2.56. The normalized spacial score (nSPS) is 27.7. The van der Waals surface area contributed by atoms with Gasteiger partial charge in [0.25, 0.3) is 5.91 Å². The van der Waals surface area contributed by atoms with Crippen molar-refractivity contribution in [2.45, 2.75) is 50.7 Å². The minimum absolute atomic E-state index is 0.118. The molecule has 3 rings (SSSR count). The Balaban J connectivity index is 1.80. The molecule has 114 valence electrons. The summed E-state index contributed by atoms with van der Waals surface area (Å²) < 4.78 is 14.0. The second kappa shape index (κ2) is 5.93. The van der Waals surface area contributed by atoms with Crippen molar-refractivity contribution in [2.75, 3.05) is 6.54 Å². The van der Waals surface area contributed by atoms with Gasteiger partial charge in [-0.15, -0.1) is 0 Å². The number of nitrogens with one attached hydrogen (secondary N) is 1. The van der Waals surface area contributed by atoms with E-state index in [2.05, 4.69) is 5.32 Å². The molecule has 2 aliphatic heterocycles. The van der Waals surface area contributed by atoms with Gasteiger partial charge in [0.15, 0.2) is 0 Å². The molecule has 1 amide bonds. The molecular weight excluding hydrogens is 291 g/mol. The lowest BCUT2D eigenvalue weighted by Crippen LogP contribution is -2.50. The van der Waals surface area contributed by atoms with Gasteiger partial charge >= 0.3 is 0 Å². The fourth-order valence-electron chi connectivity index (χ4n) is 3.67. The van der Waals surface area contributed by atoms with Crippen molar-refractivity contribution in [2.24, 2.45) is 0 Å². The molecule has 21 heavy (non-hydrogen) atoms. The highest BCUT2D eigenvalue weighted by Gasteiger charge is 2.37. The van der Waals surface area contributed by atoms with Crippen LogP contribution in [0, 0.1) is 5.82 Å². The van der Waals surface area contributed by atoms with Crippen LogP contribution in [0.3, 0.4) is 0 Å². The zero-order valence-corrected chi connectivity index (χ0v) is 12.9. The van der Waals surface area contributed by atoms with E-state index in [1.165, 1.54) is 25.0 Å². The molecule has 2 fully saturated rings. The van der Waals surface area contributed by atoms with E-state index in [1.807, 2.05) is 11.8 Å². The zero-order chi connectivity index (χ0) is 15.0. The molecule has 2 saturated heterocycles. The number of amides is 1. The highest BCUT2D eigenvalue weighted by atomic mass is 35.5. The van der Waals surface area contributed by atoms with Gasteiger partial charge in [-0.1, -0.05) is 11.6 Å². The predicted molar refractivity (Wildman–Crippen MR) is 81.1 cm³/mol. The number of carbonyl (C=O) groups is 1. The number of benzene rings is 1. The minimum atomic E-state index is -0.539. The largest absolute Gasteiger partial charge is 0.336 e. The highest BCUT2D eigenvalue weighted by Crippen LogP contribution is 2.30. The summed E-state index contributed by atoms with van der Waals surface area (Å²) in [6, 6.07) is 5.47. The smallest absolute Gasteiger partial charge is 0.257 e. The fourth-order valence-corrected chi connectivity index (χ4v) is 3.83. The van der Waals surface area contributed by atoms with Crippen molar-refractivity contribution in [1.82, 2.24) is 10.2 Å². The first-order valence-corrected chi connectivity index (χ1v) is 7.98. The SMILES string of the molecule is CCN(C(=O)c1ccc(Cl)cc1F)C1CC2CCC(C1)N2. The average Bonchev–Trinajstić information content (AvgIpc) is 2.78. The molecule has 2 aliphatic rings. The molecule has 2 bridgehead atoms. The molecule has 0 saturated carbocycles. The Morgan fingerprint density at radius 3 is 2.62 bits per heavy atom. The number of hydrogen-bond acceptors (Lipinski definition) is 2. The van der Waals surface area contributed by atoms with Gasteiger partial charge in [0.2, 0.25) is 0 Å². The van der Waals surface area contributed by atoms with Crippen molar-refractivity contribution in [3.05, 3.63) is 34.6 Å². The predicted octanol–water partition coefficient (Wildman–Crippen LogP) is 3.22. The molecule has 2 unspecified atom stereocenters. The molecule has 1 N–H and O–H groups in total. The first-order valence-electron chi connectivity index (χ1n) is 7.60. The van der Waals surface area contributed by atoms with Crippen LogP contribution in [-0.4, -0.2) is 35.5 Å². The molecule has 5 heteroatoms. The molecule has 0 radical (unpaired) electrons. The number of hydrogen-bond donors (Lipinski definition) is 1. The molecule has 2 atom stereocenters. The fraction of sp³-hybridized carbons (Fsp3) is 0.562. The Bertz CT molecular complexity index is 539. The van der Waals surface area contributed by atoms with Crippen LogP contribution in [0.25, 0.3) is 0 Å². The Morgan fingerprint density at radius 1 is 1.38 bits per heavy atom. The van der Waals surface area contributed by atoms with E-state index in [4.69, 9.17) is 11.6 Å². The second-order valence-electron chi connectivity index (χ2n) is 5.98. The standard InChI is InChI=1S/C16H20ClFN2O/c1-2-20(13-8-11-4-5-12(9-13)19-11)16(21)14-6-3-10(17)7-15(14)18/h3,6-7,11-13,19H,2,4-5,8-9H2,1H3. The summed E-state index contributed by atoms with van der Waals surface area (Å²) in [6.07, 6.45) is 4.29. The molecule has 0 spiro atoms. The van der Waals surface area contributed by atoms with E-state index in [0.717, 1.165) is 12.8 Å². The quantitative estimate of drug-likeness (QED) is 0.929. The van der Waals surface area contributed by atoms with Gasteiger partial charge < -0.3 is 10.2 Å². The van der Waals surface area contributed by atoms with Crippen molar-refractivity contribution >= 4 is 17.5 Å². The zero-order valence-electron chi connectivity index (χ0n) is 12.1. The molecule has 1 aromatic carbocycles. The van der Waals surface area contributed by atoms with E-state index >= 15 is 0 Å². The summed E-state index contributed by atoms with van der Waals surface area (Å²) in [7, 11) is 0. The monoisotopic (exact) mass is 310 g/mol. The molecular formula is C16H20ClFN2O. The minimum Gasteiger partial charge on any atom is -0.336 e. The van der Waals surface area contributed by atoms with Crippen molar-refractivity contribution in [3.8, 4) is 0 Å². The van der Waals surface area contributed by atoms with E-state index in [0.29, 0.717) is 23.7 Å². The number of nitrogens with zero attached hydrogens (tertiary/aromatic N) is 1. The van der Waals surface area contributed by atoms with Crippen molar-refractivity contribution in [1.29, 1.82) is 0 Å². The van der Waals surface area contributed by atoms with E-state index in [-0.39, 0.29) is 17.5 Å². The van der Waals surface area contributed by atoms with Gasteiger partial charge in [0.05, 0.1) is 5.56 Å².